The van der Waals surface area contributed by atoms with Gasteiger partial charge in [0.15, 0.2) is 0 Å². The van der Waals surface area contributed by atoms with Crippen LogP contribution in [0.5, 0.6) is 0 Å². The van der Waals surface area contributed by atoms with Crippen LogP contribution in [-0.4, -0.2) is 40.1 Å². The van der Waals surface area contributed by atoms with Crippen molar-refractivity contribution < 1.29 is 18.0 Å². The number of rotatable bonds is 5. The van der Waals surface area contributed by atoms with E-state index in [0.29, 0.717) is 0 Å². The maximum atomic E-state index is 11.8. The predicted molar refractivity (Wildman–Crippen MR) is 66.1 cm³/mol. The highest BCUT2D eigenvalue weighted by Gasteiger charge is 2.16. The number of hydrogen-bond donors (Lipinski definition) is 1. The van der Waals surface area contributed by atoms with Crippen LogP contribution in [0, 0.1) is 6.92 Å². The summed E-state index contributed by atoms with van der Waals surface area (Å²) < 4.78 is 25.9. The predicted octanol–water partition coefficient (Wildman–Crippen LogP) is 0.293. The number of sulfonamides is 1. The van der Waals surface area contributed by atoms with E-state index in [0.717, 1.165) is 10.6 Å². The van der Waals surface area contributed by atoms with E-state index in [1.165, 1.54) is 26.3 Å². The lowest BCUT2D eigenvalue weighted by Gasteiger charge is -2.14. The Hall–Kier alpha value is -1.44. The standard InChI is InChI=1S/C11H16N2O4S/c1-9-4-6-10(7-5-9)18(15,16)12-8-11(14)13(2)17-3/h4-7,12H,8H2,1-3H3. The van der Waals surface area contributed by atoms with Crippen LogP contribution in [-0.2, 0) is 19.7 Å². The maximum absolute atomic E-state index is 11.8. The number of aryl methyl sites for hydroxylation is 1. The topological polar surface area (TPSA) is 75.7 Å². The summed E-state index contributed by atoms with van der Waals surface area (Å²) in [4.78, 5) is 16.2. The molecule has 0 saturated carbocycles. The first-order chi connectivity index (χ1) is 8.36. The van der Waals surface area contributed by atoms with Gasteiger partial charge in [0.05, 0.1) is 18.6 Å². The molecule has 0 saturated heterocycles. The highest BCUT2D eigenvalue weighted by atomic mass is 32.2. The van der Waals surface area contributed by atoms with Crippen LogP contribution in [0.1, 0.15) is 5.56 Å². The third-order valence-electron chi connectivity index (χ3n) is 2.37. The van der Waals surface area contributed by atoms with Gasteiger partial charge in [-0.05, 0) is 19.1 Å². The minimum atomic E-state index is -3.67. The van der Waals surface area contributed by atoms with Gasteiger partial charge in [0.1, 0.15) is 0 Å². The molecular formula is C11H16N2O4S. The van der Waals surface area contributed by atoms with E-state index in [4.69, 9.17) is 0 Å². The van der Waals surface area contributed by atoms with Crippen molar-refractivity contribution >= 4 is 15.9 Å². The Morgan fingerprint density at radius 2 is 1.89 bits per heavy atom. The van der Waals surface area contributed by atoms with Gasteiger partial charge in [-0.1, -0.05) is 17.7 Å². The Kier molecular flexibility index (Phi) is 4.83. The van der Waals surface area contributed by atoms with Crippen LogP contribution >= 0.6 is 0 Å². The van der Waals surface area contributed by atoms with Gasteiger partial charge >= 0.3 is 0 Å². The number of carbonyl (C=O) groups excluding carboxylic acids is 1. The minimum Gasteiger partial charge on any atom is -0.275 e. The van der Waals surface area contributed by atoms with Gasteiger partial charge in [0.2, 0.25) is 10.0 Å². The van der Waals surface area contributed by atoms with Gasteiger partial charge < -0.3 is 0 Å². The Labute approximate surface area is 107 Å². The zero-order valence-corrected chi connectivity index (χ0v) is 11.3. The zero-order chi connectivity index (χ0) is 13.8. The first-order valence-corrected chi connectivity index (χ1v) is 6.72. The molecule has 0 atom stereocenters. The first-order valence-electron chi connectivity index (χ1n) is 5.24. The van der Waals surface area contributed by atoms with Crippen LogP contribution in [0.15, 0.2) is 29.2 Å². The van der Waals surface area contributed by atoms with Crippen molar-refractivity contribution in [3.63, 3.8) is 0 Å². The second kappa shape index (κ2) is 5.94. The number of hydroxylamine groups is 2. The van der Waals surface area contributed by atoms with Crippen molar-refractivity contribution in [2.24, 2.45) is 0 Å². The van der Waals surface area contributed by atoms with Crippen LogP contribution in [0.25, 0.3) is 0 Å². The fourth-order valence-corrected chi connectivity index (χ4v) is 2.15. The van der Waals surface area contributed by atoms with Crippen LogP contribution in [0.3, 0.4) is 0 Å². The fraction of sp³-hybridized carbons (Fsp3) is 0.364. The largest absolute Gasteiger partial charge is 0.275 e. The van der Waals surface area contributed by atoms with Crippen molar-refractivity contribution in [3.05, 3.63) is 29.8 Å². The normalized spacial score (nSPS) is 11.3. The summed E-state index contributed by atoms with van der Waals surface area (Å²) in [6.45, 7) is 1.52. The quantitative estimate of drug-likeness (QED) is 0.782. The van der Waals surface area contributed by atoms with Crippen molar-refractivity contribution in [2.75, 3.05) is 20.7 Å². The lowest BCUT2D eigenvalue weighted by atomic mass is 10.2. The van der Waals surface area contributed by atoms with E-state index in [-0.39, 0.29) is 11.4 Å². The van der Waals surface area contributed by atoms with Gasteiger partial charge in [-0.15, -0.1) is 0 Å². The van der Waals surface area contributed by atoms with Crippen LogP contribution in [0.2, 0.25) is 0 Å². The average Bonchev–Trinajstić information content (AvgIpc) is 2.35. The molecule has 0 aromatic heterocycles. The molecule has 7 heteroatoms. The molecule has 0 aliphatic rings. The monoisotopic (exact) mass is 272 g/mol. The van der Waals surface area contributed by atoms with E-state index in [2.05, 4.69) is 9.56 Å². The Morgan fingerprint density at radius 3 is 2.39 bits per heavy atom. The fourth-order valence-electron chi connectivity index (χ4n) is 1.17. The molecule has 100 valence electrons. The molecule has 1 aromatic rings. The molecule has 1 aromatic carbocycles. The number of amides is 1. The van der Waals surface area contributed by atoms with E-state index in [9.17, 15) is 13.2 Å². The molecule has 0 heterocycles. The number of nitrogens with one attached hydrogen (secondary N) is 1. The number of carbonyl (C=O) groups is 1. The molecule has 18 heavy (non-hydrogen) atoms. The van der Waals surface area contributed by atoms with E-state index < -0.39 is 15.9 Å². The summed E-state index contributed by atoms with van der Waals surface area (Å²) in [6.07, 6.45) is 0. The van der Waals surface area contributed by atoms with Gasteiger partial charge in [0, 0.05) is 7.05 Å². The summed E-state index contributed by atoms with van der Waals surface area (Å²) in [6, 6.07) is 6.36. The Balaban J connectivity index is 2.71. The molecule has 0 spiro atoms. The maximum Gasteiger partial charge on any atom is 0.260 e. The van der Waals surface area contributed by atoms with E-state index >= 15 is 0 Å². The molecule has 0 bridgehead atoms. The van der Waals surface area contributed by atoms with Crippen molar-refractivity contribution in [1.82, 2.24) is 9.79 Å². The molecule has 0 aliphatic heterocycles. The molecule has 1 N–H and O–H groups in total. The summed E-state index contributed by atoms with van der Waals surface area (Å²) in [7, 11) is -0.936. The average molecular weight is 272 g/mol. The van der Waals surface area contributed by atoms with E-state index in [1.807, 2.05) is 6.92 Å². The number of hydrogen-bond acceptors (Lipinski definition) is 4. The van der Waals surface area contributed by atoms with Gasteiger partial charge in [-0.2, -0.15) is 0 Å². The second-order valence-corrected chi connectivity index (χ2v) is 5.48. The smallest absolute Gasteiger partial charge is 0.260 e. The summed E-state index contributed by atoms with van der Waals surface area (Å²) in [5.74, 6) is -0.479. The van der Waals surface area contributed by atoms with Gasteiger partial charge in [0.25, 0.3) is 5.91 Å². The van der Waals surface area contributed by atoms with E-state index in [1.54, 1.807) is 12.1 Å². The lowest BCUT2D eigenvalue weighted by Crippen LogP contribution is -2.37. The molecular weight excluding hydrogens is 256 g/mol. The molecule has 0 fully saturated rings. The third-order valence-corrected chi connectivity index (χ3v) is 3.79. The Morgan fingerprint density at radius 1 is 1.33 bits per heavy atom. The zero-order valence-electron chi connectivity index (χ0n) is 10.5. The molecule has 0 radical (unpaired) electrons. The Bertz CT molecular complexity index is 510. The highest BCUT2D eigenvalue weighted by molar-refractivity contribution is 7.89. The summed E-state index contributed by atoms with van der Waals surface area (Å²) in [5.41, 5.74) is 0.962. The number of likely N-dealkylation sites (N-methyl/N-ethyl adjacent to an activating group) is 1. The SMILES string of the molecule is CON(C)C(=O)CNS(=O)(=O)c1ccc(C)cc1. The van der Waals surface area contributed by atoms with Gasteiger partial charge in [-0.25, -0.2) is 18.2 Å². The van der Waals surface area contributed by atoms with Crippen molar-refractivity contribution in [1.29, 1.82) is 0 Å². The second-order valence-electron chi connectivity index (χ2n) is 3.71. The molecule has 0 unspecified atom stereocenters. The van der Waals surface area contributed by atoms with Crippen LogP contribution in [0.4, 0.5) is 0 Å². The number of nitrogens with zero attached hydrogens (tertiary/aromatic N) is 1. The van der Waals surface area contributed by atoms with Crippen molar-refractivity contribution in [2.45, 2.75) is 11.8 Å². The number of benzene rings is 1. The molecule has 1 rings (SSSR count). The molecule has 1 amide bonds. The first kappa shape index (κ1) is 14.6. The van der Waals surface area contributed by atoms with Gasteiger partial charge in [-0.3, -0.25) is 9.63 Å². The summed E-state index contributed by atoms with van der Waals surface area (Å²) >= 11 is 0. The molecule has 6 nitrogen and oxygen atoms in total. The minimum absolute atomic E-state index is 0.126. The lowest BCUT2D eigenvalue weighted by molar-refractivity contribution is -0.167. The van der Waals surface area contributed by atoms with Crippen LogP contribution < -0.4 is 4.72 Å². The third kappa shape index (κ3) is 3.80. The molecule has 0 aliphatic carbocycles. The summed E-state index contributed by atoms with van der Waals surface area (Å²) in [5, 5.41) is 0.956. The van der Waals surface area contributed by atoms with Crippen molar-refractivity contribution in [3.8, 4) is 0 Å². The highest BCUT2D eigenvalue weighted by Crippen LogP contribution is 2.09.